The van der Waals surface area contributed by atoms with E-state index in [-0.39, 0.29) is 70.3 Å². The van der Waals surface area contributed by atoms with E-state index < -0.39 is 28.9 Å². The summed E-state index contributed by atoms with van der Waals surface area (Å²) in [5.74, 6) is -1.19. The molecule has 0 aliphatic carbocycles. The summed E-state index contributed by atoms with van der Waals surface area (Å²) in [5, 5.41) is 4.36. The van der Waals surface area contributed by atoms with E-state index >= 15 is 8.78 Å². The molecule has 1 aromatic carbocycles. The number of ether oxygens (including phenoxy) is 2. The fourth-order valence-corrected chi connectivity index (χ4v) is 8.66. The van der Waals surface area contributed by atoms with Crippen LogP contribution >= 0.6 is 0 Å². The summed E-state index contributed by atoms with van der Waals surface area (Å²) in [5.41, 5.74) is -1.81. The Bertz CT molecular complexity index is 1940. The first kappa shape index (κ1) is 27.3. The third-order valence-corrected chi connectivity index (χ3v) is 10.6. The van der Waals surface area contributed by atoms with Gasteiger partial charge in [-0.2, -0.15) is 9.97 Å². The van der Waals surface area contributed by atoms with Gasteiger partial charge in [-0.15, -0.1) is 0 Å². The Kier molecular flexibility index (Phi) is 5.93. The zero-order valence-electron chi connectivity index (χ0n) is 24.7. The molecule has 45 heavy (non-hydrogen) atoms. The second-order valence-electron chi connectivity index (χ2n) is 13.2. The smallest absolute Gasteiger partial charge is 0.319 e. The van der Waals surface area contributed by atoms with E-state index in [1.807, 2.05) is 6.92 Å². The first-order valence-electron chi connectivity index (χ1n) is 15.7. The Morgan fingerprint density at radius 3 is 2.91 bits per heavy atom. The van der Waals surface area contributed by atoms with Crippen LogP contribution in [0.1, 0.15) is 39.0 Å². The summed E-state index contributed by atoms with van der Waals surface area (Å²) < 4.78 is 59.7. The zero-order valence-corrected chi connectivity index (χ0v) is 24.7. The van der Waals surface area contributed by atoms with Gasteiger partial charge in [0.2, 0.25) is 5.88 Å². The number of pyridine rings is 2. The van der Waals surface area contributed by atoms with E-state index in [1.165, 1.54) is 18.3 Å². The van der Waals surface area contributed by atoms with Crippen LogP contribution in [0.5, 0.6) is 11.9 Å². The van der Waals surface area contributed by atoms with E-state index in [1.54, 1.807) is 6.07 Å². The maximum atomic E-state index is 16.9. The number of aromatic nitrogens is 4. The molecule has 4 saturated heterocycles. The molecule has 0 radical (unpaired) electrons. The minimum atomic E-state index is -0.931. The molecule has 3 aromatic heterocycles. The van der Waals surface area contributed by atoms with Gasteiger partial charge >= 0.3 is 6.01 Å². The Balaban J connectivity index is 1.26. The summed E-state index contributed by atoms with van der Waals surface area (Å²) >= 11 is 0. The van der Waals surface area contributed by atoms with E-state index in [4.69, 9.17) is 14.5 Å². The fourth-order valence-electron chi connectivity index (χ4n) is 8.66. The van der Waals surface area contributed by atoms with Crippen molar-refractivity contribution in [1.29, 1.82) is 0 Å². The molecular weight excluding hydrogens is 587 g/mol. The largest absolute Gasteiger partial charge is 0.472 e. The standard InChI is InChI=1S/C32H32F3N7O3/c1-15-27-20-6-4-18(37-20)13-42(27)28-23-26(39-31(40-28)44-14-32-8-2-10-41(32)12-17(33)11-32)24(35)25(38-30(23)45-15)22-19(34)5-3-16-7-9-36-29(43)21(16)22/h3,5,7,9,15,17-18,20,27,37H,2,4,6,8,10-14H2,1H3,(H,36,43)/t15-,17+,18+,20-,27+,32-/m0/s1. The topological polar surface area (TPSA) is 108 Å². The molecule has 2 bridgehead atoms. The molecule has 0 spiro atoms. The van der Waals surface area contributed by atoms with Crippen LogP contribution in [0.15, 0.2) is 29.2 Å². The van der Waals surface area contributed by atoms with Crippen LogP contribution in [0.25, 0.3) is 32.9 Å². The highest BCUT2D eigenvalue weighted by molar-refractivity contribution is 6.01. The second kappa shape index (κ2) is 9.76. The van der Waals surface area contributed by atoms with Crippen molar-refractivity contribution in [2.45, 2.75) is 75.0 Å². The van der Waals surface area contributed by atoms with Gasteiger partial charge in [0, 0.05) is 37.8 Å². The van der Waals surface area contributed by atoms with Crippen molar-refractivity contribution in [2.75, 3.05) is 31.1 Å². The average Bonchev–Trinajstić information content (AvgIpc) is 3.66. The lowest BCUT2D eigenvalue weighted by atomic mass is 9.95. The molecule has 2 N–H and O–H groups in total. The number of nitrogens with one attached hydrogen (secondary N) is 2. The van der Waals surface area contributed by atoms with Crippen LogP contribution in [0.4, 0.5) is 19.0 Å². The maximum absolute atomic E-state index is 16.9. The van der Waals surface area contributed by atoms with Crippen molar-refractivity contribution >= 4 is 27.5 Å². The molecule has 0 saturated carbocycles. The molecule has 0 unspecified atom stereocenters. The molecule has 0 amide bonds. The zero-order chi connectivity index (χ0) is 30.6. The van der Waals surface area contributed by atoms with E-state index in [0.717, 1.165) is 32.2 Å². The van der Waals surface area contributed by atoms with Crippen LogP contribution in [-0.4, -0.2) is 87.0 Å². The Labute approximate surface area is 255 Å². The van der Waals surface area contributed by atoms with Crippen molar-refractivity contribution in [1.82, 2.24) is 30.2 Å². The Hall–Kier alpha value is -3.97. The van der Waals surface area contributed by atoms with Gasteiger partial charge in [0.25, 0.3) is 5.56 Å². The van der Waals surface area contributed by atoms with Gasteiger partial charge < -0.3 is 24.7 Å². The van der Waals surface area contributed by atoms with Crippen molar-refractivity contribution < 1.29 is 22.6 Å². The molecule has 234 valence electrons. The summed E-state index contributed by atoms with van der Waals surface area (Å²) in [4.78, 5) is 33.8. The highest BCUT2D eigenvalue weighted by atomic mass is 19.1. The number of hydrogen-bond donors (Lipinski definition) is 2. The lowest BCUT2D eigenvalue weighted by Gasteiger charge is -2.42. The molecule has 8 heterocycles. The van der Waals surface area contributed by atoms with E-state index in [0.29, 0.717) is 30.7 Å². The number of halogens is 3. The predicted molar refractivity (Wildman–Crippen MR) is 161 cm³/mol. The molecule has 9 rings (SSSR count). The first-order chi connectivity index (χ1) is 21.8. The monoisotopic (exact) mass is 619 g/mol. The molecule has 13 heteroatoms. The summed E-state index contributed by atoms with van der Waals surface area (Å²) in [6, 6.07) is 4.45. The number of nitrogens with zero attached hydrogens (tertiary/aromatic N) is 5. The van der Waals surface area contributed by atoms with Crippen molar-refractivity contribution in [3.05, 3.63) is 46.4 Å². The average molecular weight is 620 g/mol. The maximum Gasteiger partial charge on any atom is 0.319 e. The molecule has 6 atom stereocenters. The van der Waals surface area contributed by atoms with Crippen LogP contribution < -0.4 is 25.2 Å². The number of benzene rings is 1. The van der Waals surface area contributed by atoms with Gasteiger partial charge in [-0.1, -0.05) is 6.07 Å². The van der Waals surface area contributed by atoms with Crippen molar-refractivity contribution in [3.8, 4) is 23.1 Å². The summed E-state index contributed by atoms with van der Waals surface area (Å²) in [7, 11) is 0. The third-order valence-electron chi connectivity index (χ3n) is 10.6. The SMILES string of the molecule is C[C@@H]1Oc2nc(-c3c(F)ccc4cc[nH]c(=O)c34)c(F)c3nc(OC[C@@]45CCCN4C[C@H](F)C5)nc(c23)N2C[C@H]3CC[C@H](N3)[C@@H]12. The lowest BCUT2D eigenvalue weighted by Crippen LogP contribution is -2.62. The number of rotatable bonds is 4. The highest BCUT2D eigenvalue weighted by Crippen LogP contribution is 2.46. The third kappa shape index (κ3) is 4.02. The van der Waals surface area contributed by atoms with Crippen LogP contribution in [-0.2, 0) is 0 Å². The van der Waals surface area contributed by atoms with Gasteiger partial charge in [0.15, 0.2) is 5.82 Å². The van der Waals surface area contributed by atoms with E-state index in [9.17, 15) is 9.18 Å². The molecule has 5 aliphatic rings. The number of fused-ring (bicyclic) bond motifs is 7. The summed E-state index contributed by atoms with van der Waals surface area (Å²) in [6.45, 7) is 3.90. The second-order valence-corrected chi connectivity index (χ2v) is 13.2. The van der Waals surface area contributed by atoms with Gasteiger partial charge in [-0.05, 0) is 56.7 Å². The van der Waals surface area contributed by atoms with Gasteiger partial charge in [0.1, 0.15) is 47.1 Å². The number of piperazine rings is 1. The number of alkyl halides is 1. The molecule has 10 nitrogen and oxygen atoms in total. The molecule has 5 aliphatic heterocycles. The minimum Gasteiger partial charge on any atom is -0.472 e. The van der Waals surface area contributed by atoms with Crippen LogP contribution in [0.2, 0.25) is 0 Å². The summed E-state index contributed by atoms with van der Waals surface area (Å²) in [6.07, 6.45) is 4.19. The lowest BCUT2D eigenvalue weighted by molar-refractivity contribution is 0.107. The Morgan fingerprint density at radius 1 is 1.13 bits per heavy atom. The van der Waals surface area contributed by atoms with Gasteiger partial charge in [-0.25, -0.2) is 18.2 Å². The quantitative estimate of drug-likeness (QED) is 0.352. The first-order valence-corrected chi connectivity index (χ1v) is 15.7. The van der Waals surface area contributed by atoms with E-state index in [2.05, 4.69) is 30.1 Å². The van der Waals surface area contributed by atoms with Gasteiger partial charge in [0.05, 0.1) is 22.5 Å². The number of anilines is 1. The normalized spacial score (nSPS) is 30.4. The number of H-pyrrole nitrogens is 1. The molecule has 4 fully saturated rings. The highest BCUT2D eigenvalue weighted by Gasteiger charge is 2.50. The molecule has 4 aromatic rings. The predicted octanol–water partition coefficient (Wildman–Crippen LogP) is 3.86. The molecular formula is C32H32F3N7O3. The number of aromatic amines is 1. The van der Waals surface area contributed by atoms with Crippen LogP contribution in [0.3, 0.4) is 0 Å². The van der Waals surface area contributed by atoms with Crippen molar-refractivity contribution in [3.63, 3.8) is 0 Å². The fraction of sp³-hybridized carbons (Fsp3) is 0.500. The van der Waals surface area contributed by atoms with Gasteiger partial charge in [-0.3, -0.25) is 9.69 Å². The van der Waals surface area contributed by atoms with Crippen LogP contribution in [0, 0.1) is 11.6 Å². The minimum absolute atomic E-state index is 0.0239. The number of hydrogen-bond acceptors (Lipinski definition) is 9. The Morgan fingerprint density at radius 2 is 2.02 bits per heavy atom. The van der Waals surface area contributed by atoms with Crippen molar-refractivity contribution in [2.24, 2.45) is 0 Å².